The van der Waals surface area contributed by atoms with E-state index in [2.05, 4.69) is 16.0 Å². The van der Waals surface area contributed by atoms with E-state index in [0.717, 1.165) is 43.7 Å². The summed E-state index contributed by atoms with van der Waals surface area (Å²) >= 11 is 0. The fourth-order valence-electron chi connectivity index (χ4n) is 2.21. The summed E-state index contributed by atoms with van der Waals surface area (Å²) in [7, 11) is 0. The summed E-state index contributed by atoms with van der Waals surface area (Å²) in [5.41, 5.74) is 7.00. The molecule has 1 fully saturated rings. The Labute approximate surface area is 107 Å². The molecule has 1 saturated heterocycles. The number of piperidine rings is 1. The fraction of sp³-hybridized carbons (Fsp3) is 0.462. The second kappa shape index (κ2) is 6.37. The summed E-state index contributed by atoms with van der Waals surface area (Å²) in [4.78, 5) is 10.9. The summed E-state index contributed by atoms with van der Waals surface area (Å²) in [6.07, 6.45) is 2.29. The lowest BCUT2D eigenvalue weighted by atomic mass is 10.1. The van der Waals surface area contributed by atoms with E-state index < -0.39 is 6.03 Å². The highest BCUT2D eigenvalue weighted by Gasteiger charge is 2.12. The molecule has 0 aromatic heterocycles. The van der Waals surface area contributed by atoms with Crippen molar-refractivity contribution in [3.8, 4) is 0 Å². The Hall–Kier alpha value is -1.59. The SMILES string of the molecule is NC(=O)Nc1ccccc1CNC1CCNCC1. The summed E-state index contributed by atoms with van der Waals surface area (Å²) in [6, 6.07) is 7.74. The molecular weight excluding hydrogens is 228 g/mol. The lowest BCUT2D eigenvalue weighted by Crippen LogP contribution is -2.39. The summed E-state index contributed by atoms with van der Waals surface area (Å²) in [5, 5.41) is 9.50. The van der Waals surface area contributed by atoms with E-state index in [4.69, 9.17) is 5.73 Å². The zero-order valence-corrected chi connectivity index (χ0v) is 10.4. The second-order valence-electron chi connectivity index (χ2n) is 4.55. The molecule has 5 N–H and O–H groups in total. The van der Waals surface area contributed by atoms with Crippen LogP contribution in [0.4, 0.5) is 10.5 Å². The van der Waals surface area contributed by atoms with Crippen LogP contribution in [0.1, 0.15) is 18.4 Å². The Morgan fingerprint density at radius 1 is 1.33 bits per heavy atom. The molecule has 2 amide bonds. The van der Waals surface area contributed by atoms with Crippen molar-refractivity contribution in [2.75, 3.05) is 18.4 Å². The molecule has 1 heterocycles. The van der Waals surface area contributed by atoms with Crippen molar-refractivity contribution in [1.29, 1.82) is 0 Å². The van der Waals surface area contributed by atoms with Crippen molar-refractivity contribution < 1.29 is 4.79 Å². The normalized spacial score (nSPS) is 16.4. The standard InChI is InChI=1S/C13H20N4O/c14-13(18)17-12-4-2-1-3-10(12)9-16-11-5-7-15-8-6-11/h1-4,11,15-16H,5-9H2,(H3,14,17,18). The van der Waals surface area contributed by atoms with Crippen molar-refractivity contribution >= 4 is 11.7 Å². The minimum Gasteiger partial charge on any atom is -0.351 e. The van der Waals surface area contributed by atoms with Gasteiger partial charge in [-0.1, -0.05) is 18.2 Å². The van der Waals surface area contributed by atoms with Crippen LogP contribution in [0.25, 0.3) is 0 Å². The van der Waals surface area contributed by atoms with Gasteiger partial charge in [-0.05, 0) is 37.6 Å². The first kappa shape index (κ1) is 12.9. The Balaban J connectivity index is 1.93. The van der Waals surface area contributed by atoms with Crippen LogP contribution in [0.3, 0.4) is 0 Å². The van der Waals surface area contributed by atoms with E-state index in [1.165, 1.54) is 0 Å². The Kier molecular flexibility index (Phi) is 4.55. The zero-order valence-electron chi connectivity index (χ0n) is 10.4. The van der Waals surface area contributed by atoms with E-state index in [9.17, 15) is 4.79 Å². The number of carbonyl (C=O) groups excluding carboxylic acids is 1. The minimum atomic E-state index is -0.524. The molecule has 1 aromatic rings. The molecule has 1 aliphatic rings. The monoisotopic (exact) mass is 248 g/mol. The highest BCUT2D eigenvalue weighted by Crippen LogP contribution is 2.15. The van der Waals surface area contributed by atoms with Crippen LogP contribution in [-0.2, 0) is 6.54 Å². The van der Waals surface area contributed by atoms with Crippen LogP contribution < -0.4 is 21.7 Å². The number of anilines is 1. The van der Waals surface area contributed by atoms with Crippen LogP contribution in [0.5, 0.6) is 0 Å². The zero-order chi connectivity index (χ0) is 12.8. The number of para-hydroxylation sites is 1. The fourth-order valence-corrected chi connectivity index (χ4v) is 2.21. The van der Waals surface area contributed by atoms with Crippen LogP contribution >= 0.6 is 0 Å². The van der Waals surface area contributed by atoms with Crippen LogP contribution in [-0.4, -0.2) is 25.2 Å². The van der Waals surface area contributed by atoms with Crippen molar-refractivity contribution in [3.05, 3.63) is 29.8 Å². The maximum atomic E-state index is 10.9. The van der Waals surface area contributed by atoms with Gasteiger partial charge >= 0.3 is 6.03 Å². The first-order valence-corrected chi connectivity index (χ1v) is 6.34. The molecule has 0 radical (unpaired) electrons. The van der Waals surface area contributed by atoms with Crippen LogP contribution in [0.15, 0.2) is 24.3 Å². The highest BCUT2D eigenvalue weighted by molar-refractivity contribution is 5.88. The maximum Gasteiger partial charge on any atom is 0.316 e. The summed E-state index contributed by atoms with van der Waals surface area (Å²) < 4.78 is 0. The lowest BCUT2D eigenvalue weighted by Gasteiger charge is -2.24. The number of urea groups is 1. The molecule has 0 saturated carbocycles. The second-order valence-corrected chi connectivity index (χ2v) is 4.55. The topological polar surface area (TPSA) is 79.2 Å². The maximum absolute atomic E-state index is 10.9. The molecule has 0 spiro atoms. The quantitative estimate of drug-likeness (QED) is 0.642. The van der Waals surface area contributed by atoms with Gasteiger partial charge in [0.05, 0.1) is 0 Å². The van der Waals surface area contributed by atoms with Gasteiger partial charge in [-0.2, -0.15) is 0 Å². The molecule has 2 rings (SSSR count). The molecule has 0 bridgehead atoms. The molecule has 1 aliphatic heterocycles. The third-order valence-corrected chi connectivity index (χ3v) is 3.20. The third kappa shape index (κ3) is 3.72. The first-order chi connectivity index (χ1) is 8.75. The van der Waals surface area contributed by atoms with Gasteiger partial charge < -0.3 is 21.7 Å². The third-order valence-electron chi connectivity index (χ3n) is 3.20. The average molecular weight is 248 g/mol. The number of nitrogens with two attached hydrogens (primary N) is 1. The molecule has 0 aliphatic carbocycles. The molecule has 5 heteroatoms. The van der Waals surface area contributed by atoms with Gasteiger partial charge in [-0.3, -0.25) is 0 Å². The predicted octanol–water partition coefficient (Wildman–Crippen LogP) is 1.02. The van der Waals surface area contributed by atoms with Gasteiger partial charge in [0.15, 0.2) is 0 Å². The van der Waals surface area contributed by atoms with E-state index in [0.29, 0.717) is 6.04 Å². The Morgan fingerprint density at radius 2 is 2.06 bits per heavy atom. The van der Waals surface area contributed by atoms with Crippen LogP contribution in [0.2, 0.25) is 0 Å². The van der Waals surface area contributed by atoms with E-state index >= 15 is 0 Å². The molecule has 98 valence electrons. The molecule has 1 aromatic carbocycles. The van der Waals surface area contributed by atoms with E-state index in [-0.39, 0.29) is 0 Å². The van der Waals surface area contributed by atoms with Gasteiger partial charge in [0.1, 0.15) is 0 Å². The molecular formula is C13H20N4O. The van der Waals surface area contributed by atoms with Crippen molar-refractivity contribution in [1.82, 2.24) is 10.6 Å². The number of benzene rings is 1. The largest absolute Gasteiger partial charge is 0.351 e. The van der Waals surface area contributed by atoms with Gasteiger partial charge in [0.25, 0.3) is 0 Å². The van der Waals surface area contributed by atoms with Gasteiger partial charge in [0, 0.05) is 18.3 Å². The van der Waals surface area contributed by atoms with Gasteiger partial charge in [-0.25, -0.2) is 4.79 Å². The van der Waals surface area contributed by atoms with Crippen LogP contribution in [0, 0.1) is 0 Å². The first-order valence-electron chi connectivity index (χ1n) is 6.34. The Bertz CT molecular complexity index is 402. The number of rotatable bonds is 4. The predicted molar refractivity (Wildman–Crippen MR) is 72.4 cm³/mol. The van der Waals surface area contributed by atoms with Gasteiger partial charge in [-0.15, -0.1) is 0 Å². The summed E-state index contributed by atoms with van der Waals surface area (Å²) in [6.45, 7) is 2.89. The smallest absolute Gasteiger partial charge is 0.316 e. The lowest BCUT2D eigenvalue weighted by molar-refractivity contribution is 0.259. The number of hydrogen-bond donors (Lipinski definition) is 4. The Morgan fingerprint density at radius 3 is 2.78 bits per heavy atom. The molecule has 0 atom stereocenters. The van der Waals surface area contributed by atoms with Crippen molar-refractivity contribution in [2.45, 2.75) is 25.4 Å². The minimum absolute atomic E-state index is 0.524. The number of hydrogen-bond acceptors (Lipinski definition) is 3. The molecule has 0 unspecified atom stereocenters. The molecule has 18 heavy (non-hydrogen) atoms. The van der Waals surface area contributed by atoms with Crippen molar-refractivity contribution in [2.24, 2.45) is 5.73 Å². The highest BCUT2D eigenvalue weighted by atomic mass is 16.2. The van der Waals surface area contributed by atoms with E-state index in [1.807, 2.05) is 24.3 Å². The number of amides is 2. The molecule has 5 nitrogen and oxygen atoms in total. The summed E-state index contributed by atoms with van der Waals surface area (Å²) in [5.74, 6) is 0. The number of carbonyl (C=O) groups is 1. The van der Waals surface area contributed by atoms with Crippen molar-refractivity contribution in [3.63, 3.8) is 0 Å². The number of primary amides is 1. The van der Waals surface area contributed by atoms with E-state index in [1.54, 1.807) is 0 Å². The average Bonchev–Trinajstić information content (AvgIpc) is 2.38. The van der Waals surface area contributed by atoms with Gasteiger partial charge in [0.2, 0.25) is 0 Å². The number of nitrogens with one attached hydrogen (secondary N) is 3.